The van der Waals surface area contributed by atoms with Crippen LogP contribution in [0.3, 0.4) is 0 Å². The Balaban J connectivity index is 1.61. The highest BCUT2D eigenvalue weighted by atomic mass is 16.5. The molecule has 0 saturated heterocycles. The van der Waals surface area contributed by atoms with E-state index >= 15 is 0 Å². The standard InChI is InChI=1S/C23H27N3O3/c1-14(2)19-10-9-16(4)12-20(19)28-17(5)23(27)24-13-21-25-22(26-29-21)18-8-6-7-15(3)11-18/h6-12,14,17H,13H2,1-5H3,(H,24,27). The normalized spacial score (nSPS) is 12.1. The number of amides is 1. The predicted molar refractivity (Wildman–Crippen MR) is 112 cm³/mol. The number of carbonyl (C=O) groups excluding carboxylic acids is 1. The largest absolute Gasteiger partial charge is 0.481 e. The number of ether oxygens (including phenoxy) is 1. The van der Waals surface area contributed by atoms with Crippen LogP contribution in [0.1, 0.15) is 49.3 Å². The van der Waals surface area contributed by atoms with E-state index in [1.165, 1.54) is 0 Å². The van der Waals surface area contributed by atoms with Crippen molar-refractivity contribution < 1.29 is 14.1 Å². The predicted octanol–water partition coefficient (Wildman–Crippen LogP) is 4.56. The summed E-state index contributed by atoms with van der Waals surface area (Å²) >= 11 is 0. The summed E-state index contributed by atoms with van der Waals surface area (Å²) in [7, 11) is 0. The molecule has 1 heterocycles. The second-order valence-corrected chi connectivity index (χ2v) is 7.56. The Bertz CT molecular complexity index is 995. The van der Waals surface area contributed by atoms with Crippen LogP contribution in [-0.4, -0.2) is 22.2 Å². The molecule has 2 aromatic carbocycles. The van der Waals surface area contributed by atoms with Crippen molar-refractivity contribution in [3.63, 3.8) is 0 Å². The molecule has 0 bridgehead atoms. The van der Waals surface area contributed by atoms with E-state index in [0.717, 1.165) is 28.0 Å². The minimum absolute atomic E-state index is 0.149. The van der Waals surface area contributed by atoms with Gasteiger partial charge >= 0.3 is 0 Å². The summed E-state index contributed by atoms with van der Waals surface area (Å²) in [5.74, 6) is 1.65. The fourth-order valence-electron chi connectivity index (χ4n) is 3.00. The zero-order valence-corrected chi connectivity index (χ0v) is 17.5. The van der Waals surface area contributed by atoms with Gasteiger partial charge in [-0.15, -0.1) is 0 Å². The van der Waals surface area contributed by atoms with Gasteiger partial charge in [0.25, 0.3) is 5.91 Å². The zero-order valence-electron chi connectivity index (χ0n) is 17.5. The van der Waals surface area contributed by atoms with Crippen LogP contribution in [0.2, 0.25) is 0 Å². The summed E-state index contributed by atoms with van der Waals surface area (Å²) in [5, 5.41) is 6.79. The molecule has 1 unspecified atom stereocenters. The second kappa shape index (κ2) is 8.90. The van der Waals surface area contributed by atoms with Gasteiger partial charge in [0.2, 0.25) is 11.7 Å². The van der Waals surface area contributed by atoms with E-state index in [-0.39, 0.29) is 12.5 Å². The fraction of sp³-hybridized carbons (Fsp3) is 0.348. The van der Waals surface area contributed by atoms with E-state index in [9.17, 15) is 4.79 Å². The topological polar surface area (TPSA) is 77.2 Å². The molecule has 3 aromatic rings. The number of hydrogen-bond acceptors (Lipinski definition) is 5. The van der Waals surface area contributed by atoms with Gasteiger partial charge < -0.3 is 14.6 Å². The molecule has 1 amide bonds. The summed E-state index contributed by atoms with van der Waals surface area (Å²) in [6.45, 7) is 10.1. The van der Waals surface area contributed by atoms with Crippen molar-refractivity contribution in [3.05, 3.63) is 65.0 Å². The number of aryl methyl sites for hydroxylation is 2. The lowest BCUT2D eigenvalue weighted by Crippen LogP contribution is -2.36. The van der Waals surface area contributed by atoms with E-state index in [4.69, 9.17) is 9.26 Å². The first-order valence-electron chi connectivity index (χ1n) is 9.78. The van der Waals surface area contributed by atoms with Crippen molar-refractivity contribution in [2.24, 2.45) is 0 Å². The van der Waals surface area contributed by atoms with E-state index in [2.05, 4.69) is 29.3 Å². The quantitative estimate of drug-likeness (QED) is 0.637. The van der Waals surface area contributed by atoms with Crippen LogP contribution in [0, 0.1) is 13.8 Å². The molecular weight excluding hydrogens is 366 g/mol. The Morgan fingerprint density at radius 3 is 2.59 bits per heavy atom. The Hall–Kier alpha value is -3.15. The van der Waals surface area contributed by atoms with Gasteiger partial charge in [0, 0.05) is 5.56 Å². The highest BCUT2D eigenvalue weighted by Crippen LogP contribution is 2.28. The lowest BCUT2D eigenvalue weighted by molar-refractivity contribution is -0.127. The smallest absolute Gasteiger partial charge is 0.261 e. The van der Waals surface area contributed by atoms with Gasteiger partial charge in [0.05, 0.1) is 6.54 Å². The Morgan fingerprint density at radius 1 is 1.10 bits per heavy atom. The van der Waals surface area contributed by atoms with Crippen LogP contribution in [-0.2, 0) is 11.3 Å². The van der Waals surface area contributed by atoms with E-state index in [0.29, 0.717) is 17.6 Å². The SMILES string of the molecule is Cc1cccc(-c2noc(CNC(=O)C(C)Oc3cc(C)ccc3C(C)C)n2)c1. The number of aromatic nitrogens is 2. The van der Waals surface area contributed by atoms with Crippen molar-refractivity contribution >= 4 is 5.91 Å². The Labute approximate surface area is 171 Å². The summed E-state index contributed by atoms with van der Waals surface area (Å²) in [5.41, 5.74) is 4.16. The molecule has 0 spiro atoms. The second-order valence-electron chi connectivity index (χ2n) is 7.56. The first-order valence-corrected chi connectivity index (χ1v) is 9.78. The van der Waals surface area contributed by atoms with E-state index < -0.39 is 6.10 Å². The lowest BCUT2D eigenvalue weighted by atomic mass is 10.0. The van der Waals surface area contributed by atoms with Gasteiger partial charge in [0.1, 0.15) is 5.75 Å². The van der Waals surface area contributed by atoms with Crippen molar-refractivity contribution in [3.8, 4) is 17.1 Å². The Kier molecular flexibility index (Phi) is 6.32. The first-order chi connectivity index (χ1) is 13.8. The lowest BCUT2D eigenvalue weighted by Gasteiger charge is -2.19. The molecule has 0 aliphatic rings. The average Bonchev–Trinajstić information content (AvgIpc) is 3.15. The maximum Gasteiger partial charge on any atom is 0.261 e. The van der Waals surface area contributed by atoms with Crippen molar-refractivity contribution in [1.82, 2.24) is 15.5 Å². The molecule has 1 atom stereocenters. The van der Waals surface area contributed by atoms with E-state index in [1.54, 1.807) is 6.92 Å². The summed E-state index contributed by atoms with van der Waals surface area (Å²) in [4.78, 5) is 16.8. The van der Waals surface area contributed by atoms with Gasteiger partial charge in [-0.05, 0) is 49.9 Å². The summed E-state index contributed by atoms with van der Waals surface area (Å²) in [6, 6.07) is 13.9. The number of nitrogens with zero attached hydrogens (tertiary/aromatic N) is 2. The summed E-state index contributed by atoms with van der Waals surface area (Å²) < 4.78 is 11.2. The first kappa shape index (κ1) is 20.6. The highest BCUT2D eigenvalue weighted by Gasteiger charge is 2.18. The molecule has 1 aromatic heterocycles. The van der Waals surface area contributed by atoms with Crippen molar-refractivity contribution in [2.45, 2.75) is 53.2 Å². The number of benzene rings is 2. The van der Waals surface area contributed by atoms with Gasteiger partial charge in [0.15, 0.2) is 6.10 Å². The molecule has 0 fully saturated rings. The molecule has 0 saturated carbocycles. The third-order valence-corrected chi connectivity index (χ3v) is 4.62. The van der Waals surface area contributed by atoms with Gasteiger partial charge in [-0.2, -0.15) is 4.98 Å². The van der Waals surface area contributed by atoms with Crippen molar-refractivity contribution in [1.29, 1.82) is 0 Å². The third-order valence-electron chi connectivity index (χ3n) is 4.62. The van der Waals surface area contributed by atoms with E-state index in [1.807, 2.05) is 56.3 Å². The third kappa shape index (κ3) is 5.22. The number of rotatable bonds is 7. The van der Waals surface area contributed by atoms with Gasteiger partial charge in [-0.25, -0.2) is 0 Å². The van der Waals surface area contributed by atoms with Crippen LogP contribution in [0.4, 0.5) is 0 Å². The van der Waals surface area contributed by atoms with Crippen LogP contribution < -0.4 is 10.1 Å². The minimum atomic E-state index is -0.645. The molecule has 6 nitrogen and oxygen atoms in total. The molecule has 29 heavy (non-hydrogen) atoms. The molecular formula is C23H27N3O3. The number of carbonyl (C=O) groups is 1. The molecule has 3 rings (SSSR count). The molecule has 1 N–H and O–H groups in total. The van der Waals surface area contributed by atoms with Gasteiger partial charge in [-0.1, -0.05) is 54.9 Å². The van der Waals surface area contributed by atoms with Crippen LogP contribution >= 0.6 is 0 Å². The fourth-order valence-corrected chi connectivity index (χ4v) is 3.00. The van der Waals surface area contributed by atoms with Crippen LogP contribution in [0.5, 0.6) is 5.75 Å². The van der Waals surface area contributed by atoms with Crippen molar-refractivity contribution in [2.75, 3.05) is 0 Å². The van der Waals surface area contributed by atoms with Crippen LogP contribution in [0.15, 0.2) is 47.0 Å². The minimum Gasteiger partial charge on any atom is -0.481 e. The molecule has 6 heteroatoms. The molecule has 0 aliphatic heterocycles. The summed E-state index contributed by atoms with van der Waals surface area (Å²) in [6.07, 6.45) is -0.645. The molecule has 0 radical (unpaired) electrons. The Morgan fingerprint density at radius 2 is 1.86 bits per heavy atom. The monoisotopic (exact) mass is 393 g/mol. The maximum absolute atomic E-state index is 12.5. The number of hydrogen-bond donors (Lipinski definition) is 1. The average molecular weight is 393 g/mol. The maximum atomic E-state index is 12.5. The van der Waals surface area contributed by atoms with Crippen LogP contribution in [0.25, 0.3) is 11.4 Å². The number of nitrogens with one attached hydrogen (secondary N) is 1. The zero-order chi connectivity index (χ0) is 21.0. The van der Waals surface area contributed by atoms with Gasteiger partial charge in [-0.3, -0.25) is 4.79 Å². The highest BCUT2D eigenvalue weighted by molar-refractivity contribution is 5.80. The molecule has 0 aliphatic carbocycles. The molecule has 152 valence electrons.